The summed E-state index contributed by atoms with van der Waals surface area (Å²) in [6.45, 7) is 24.4. The van der Waals surface area contributed by atoms with E-state index in [0.717, 1.165) is 6.42 Å². The van der Waals surface area contributed by atoms with E-state index in [-0.39, 0.29) is 22.4 Å². The standard InChI is InChI=1S/C22H46BNO5SSi/c1-18(2,3)30(26)24-16(23-28-21(9,10)22(11,12)29-23)13-14-20(7,8)15-17(25)27-31-19(4,5)6/h16,24H,13-15,31H2,1-12H3/t16-,30?/m0/s1. The van der Waals surface area contributed by atoms with Crippen LogP contribution in [0.4, 0.5) is 0 Å². The number of rotatable bonds is 9. The number of carbonyl (C=O) groups is 1. The summed E-state index contributed by atoms with van der Waals surface area (Å²) in [6, 6.07) is 0. The molecule has 0 aromatic heterocycles. The van der Waals surface area contributed by atoms with E-state index in [1.54, 1.807) is 0 Å². The molecule has 0 saturated carbocycles. The van der Waals surface area contributed by atoms with Gasteiger partial charge in [-0.3, -0.25) is 4.79 Å². The minimum absolute atomic E-state index is 0.0859. The molecule has 182 valence electrons. The van der Waals surface area contributed by atoms with Crippen LogP contribution in [0.2, 0.25) is 5.04 Å². The van der Waals surface area contributed by atoms with E-state index in [0.29, 0.717) is 12.8 Å². The molecule has 0 radical (unpaired) electrons. The van der Waals surface area contributed by atoms with Gasteiger partial charge >= 0.3 is 7.12 Å². The van der Waals surface area contributed by atoms with Crippen LogP contribution in [0.1, 0.15) is 102 Å². The Morgan fingerprint density at radius 2 is 1.55 bits per heavy atom. The van der Waals surface area contributed by atoms with Crippen molar-refractivity contribution in [3.8, 4) is 0 Å². The zero-order valence-corrected chi connectivity index (χ0v) is 24.2. The lowest BCUT2D eigenvalue weighted by Gasteiger charge is -2.32. The molecule has 9 heteroatoms. The SMILES string of the molecule is CC(C)(CC[C@H](N[S+]([O-])C(C)(C)C)B1OC(C)(C)C(C)(C)O1)CC(=O)O[SiH2]C(C)(C)C. The Morgan fingerprint density at radius 1 is 1.06 bits per heavy atom. The second kappa shape index (κ2) is 10.1. The fraction of sp³-hybridized carbons (Fsp3) is 0.955. The van der Waals surface area contributed by atoms with Crippen molar-refractivity contribution in [1.29, 1.82) is 0 Å². The molecule has 1 heterocycles. The monoisotopic (exact) mass is 475 g/mol. The second-order valence-corrected chi connectivity index (χ2v) is 17.5. The highest BCUT2D eigenvalue weighted by Gasteiger charge is 2.55. The predicted octanol–water partition coefficient (Wildman–Crippen LogP) is 4.08. The van der Waals surface area contributed by atoms with Crippen molar-refractivity contribution >= 4 is 34.2 Å². The van der Waals surface area contributed by atoms with Gasteiger partial charge in [-0.05, 0) is 71.8 Å². The van der Waals surface area contributed by atoms with Crippen LogP contribution in [-0.4, -0.2) is 49.3 Å². The molecule has 1 fully saturated rings. The Labute approximate surface area is 196 Å². The molecule has 0 spiro atoms. The molecule has 0 aromatic rings. The molecule has 0 aromatic carbocycles. The van der Waals surface area contributed by atoms with Crippen LogP contribution in [0.15, 0.2) is 0 Å². The van der Waals surface area contributed by atoms with Crippen molar-refractivity contribution in [3.63, 3.8) is 0 Å². The van der Waals surface area contributed by atoms with E-state index in [1.165, 1.54) is 0 Å². The lowest BCUT2D eigenvalue weighted by molar-refractivity contribution is -0.136. The molecule has 1 aliphatic rings. The Morgan fingerprint density at radius 3 is 1.97 bits per heavy atom. The van der Waals surface area contributed by atoms with Gasteiger partial charge in [0, 0.05) is 17.8 Å². The molecule has 31 heavy (non-hydrogen) atoms. The van der Waals surface area contributed by atoms with E-state index < -0.39 is 44.2 Å². The van der Waals surface area contributed by atoms with Crippen LogP contribution in [-0.2, 0) is 29.9 Å². The fourth-order valence-corrected chi connectivity index (χ4v) is 4.54. The maximum Gasteiger partial charge on any atom is 0.480 e. The summed E-state index contributed by atoms with van der Waals surface area (Å²) >= 11 is -1.26. The van der Waals surface area contributed by atoms with Gasteiger partial charge in [0.25, 0.3) is 5.97 Å². The van der Waals surface area contributed by atoms with Gasteiger partial charge in [0.1, 0.15) is 4.75 Å². The molecule has 1 N–H and O–H groups in total. The first-order chi connectivity index (χ1) is 13.7. The van der Waals surface area contributed by atoms with E-state index in [2.05, 4.69) is 39.3 Å². The zero-order valence-electron chi connectivity index (χ0n) is 21.9. The zero-order chi connectivity index (χ0) is 24.5. The molecule has 0 amide bonds. The Bertz CT molecular complexity index is 600. The Balaban J connectivity index is 2.84. The largest absolute Gasteiger partial charge is 0.598 e. The molecule has 1 aliphatic heterocycles. The molecule has 6 nitrogen and oxygen atoms in total. The van der Waals surface area contributed by atoms with Gasteiger partial charge in [-0.15, -0.1) is 4.72 Å². The maximum atomic E-state index is 12.9. The van der Waals surface area contributed by atoms with Gasteiger partial charge in [0.15, 0.2) is 0 Å². The topological polar surface area (TPSA) is 79.9 Å². The molecule has 2 atom stereocenters. The summed E-state index contributed by atoms with van der Waals surface area (Å²) in [5, 5.41) is 0.0859. The highest BCUT2D eigenvalue weighted by molar-refractivity contribution is 7.90. The normalized spacial score (nSPS) is 21.5. The molecular formula is C22H46BNO5SSi. The summed E-state index contributed by atoms with van der Waals surface area (Å²) in [6.07, 6.45) is 1.80. The van der Waals surface area contributed by atoms with E-state index >= 15 is 0 Å². The average Bonchev–Trinajstić information content (AvgIpc) is 2.75. The van der Waals surface area contributed by atoms with Crippen molar-refractivity contribution in [2.24, 2.45) is 5.41 Å². The minimum atomic E-state index is -1.26. The van der Waals surface area contributed by atoms with E-state index in [1.807, 2.05) is 48.5 Å². The first-order valence-electron chi connectivity index (χ1n) is 11.3. The van der Waals surface area contributed by atoms with Crippen LogP contribution in [0.25, 0.3) is 0 Å². The van der Waals surface area contributed by atoms with Crippen LogP contribution >= 0.6 is 0 Å². The first kappa shape index (κ1) is 29.0. The highest BCUT2D eigenvalue weighted by Crippen LogP contribution is 2.39. The van der Waals surface area contributed by atoms with Crippen molar-refractivity contribution in [2.75, 3.05) is 0 Å². The third kappa shape index (κ3) is 9.37. The smallest absolute Gasteiger partial charge is 0.480 e. The molecule has 0 bridgehead atoms. The van der Waals surface area contributed by atoms with Gasteiger partial charge in [0.05, 0.1) is 17.1 Å². The number of hydrogen-bond donors (Lipinski definition) is 1. The molecule has 1 unspecified atom stereocenters. The lowest BCUT2D eigenvalue weighted by Crippen LogP contribution is -2.52. The third-order valence-corrected chi connectivity index (χ3v) is 8.80. The molecule has 1 rings (SSSR count). The highest BCUT2D eigenvalue weighted by atomic mass is 32.2. The van der Waals surface area contributed by atoms with Crippen molar-refractivity contribution in [3.05, 3.63) is 0 Å². The van der Waals surface area contributed by atoms with Gasteiger partial charge in [-0.2, -0.15) is 0 Å². The van der Waals surface area contributed by atoms with Gasteiger partial charge in [-0.1, -0.05) is 34.6 Å². The van der Waals surface area contributed by atoms with E-state index in [4.69, 9.17) is 13.7 Å². The van der Waals surface area contributed by atoms with Crippen LogP contribution < -0.4 is 4.72 Å². The second-order valence-electron chi connectivity index (χ2n) is 12.8. The number of carbonyl (C=O) groups excluding carboxylic acids is 1. The van der Waals surface area contributed by atoms with Crippen LogP contribution in [0.3, 0.4) is 0 Å². The van der Waals surface area contributed by atoms with Crippen molar-refractivity contribution in [1.82, 2.24) is 4.72 Å². The predicted molar refractivity (Wildman–Crippen MR) is 133 cm³/mol. The average molecular weight is 476 g/mol. The number of nitrogens with one attached hydrogen (secondary N) is 1. The van der Waals surface area contributed by atoms with Gasteiger partial charge in [0.2, 0.25) is 9.76 Å². The maximum absolute atomic E-state index is 12.9. The first-order valence-corrected chi connectivity index (χ1v) is 13.8. The lowest BCUT2D eigenvalue weighted by atomic mass is 9.72. The quantitative estimate of drug-likeness (QED) is 0.400. The van der Waals surface area contributed by atoms with E-state index in [9.17, 15) is 9.35 Å². The summed E-state index contributed by atoms with van der Waals surface area (Å²) in [7, 11) is -1.41. The summed E-state index contributed by atoms with van der Waals surface area (Å²) < 4.78 is 33.8. The van der Waals surface area contributed by atoms with Crippen molar-refractivity contribution < 1.29 is 23.1 Å². The Kier molecular flexibility index (Phi) is 9.40. The molecular weight excluding hydrogens is 429 g/mol. The van der Waals surface area contributed by atoms with Gasteiger partial charge in [-0.25, -0.2) is 0 Å². The summed E-state index contributed by atoms with van der Waals surface area (Å²) in [5.41, 5.74) is -1.16. The third-order valence-electron chi connectivity index (χ3n) is 5.84. The van der Waals surface area contributed by atoms with Gasteiger partial charge < -0.3 is 18.3 Å². The summed E-state index contributed by atoms with van der Waals surface area (Å²) in [5.74, 6) is -0.370. The van der Waals surface area contributed by atoms with Crippen LogP contribution in [0.5, 0.6) is 0 Å². The fourth-order valence-electron chi connectivity index (χ4n) is 2.99. The molecule has 0 aliphatic carbocycles. The number of hydrogen-bond acceptors (Lipinski definition) is 6. The Hall–Kier alpha value is -0.0582. The summed E-state index contributed by atoms with van der Waals surface area (Å²) in [4.78, 5) is 12.4. The van der Waals surface area contributed by atoms with Crippen molar-refractivity contribution in [2.45, 2.75) is 129 Å². The molecule has 1 saturated heterocycles. The van der Waals surface area contributed by atoms with Crippen LogP contribution in [0, 0.1) is 5.41 Å². The minimum Gasteiger partial charge on any atom is -0.598 e.